The Kier molecular flexibility index (Phi) is 27.4. The van der Waals surface area contributed by atoms with Crippen molar-refractivity contribution in [3.05, 3.63) is 35.9 Å². The molecule has 1 aromatic rings. The van der Waals surface area contributed by atoms with Crippen molar-refractivity contribution in [3.63, 3.8) is 0 Å². The average molecular weight is 1020 g/mol. The minimum Gasteiger partial charge on any atom is -0.481 e. The van der Waals surface area contributed by atoms with Crippen molar-refractivity contribution in [2.24, 2.45) is 23.5 Å². The summed E-state index contributed by atoms with van der Waals surface area (Å²) in [4.78, 5) is 144. The van der Waals surface area contributed by atoms with Crippen molar-refractivity contribution in [1.82, 2.24) is 42.5 Å². The van der Waals surface area contributed by atoms with Gasteiger partial charge in [-0.15, -0.1) is 0 Å². The lowest BCUT2D eigenvalue weighted by molar-refractivity contribution is -0.143. The minimum atomic E-state index is -1.74. The van der Waals surface area contributed by atoms with E-state index in [1.807, 2.05) is 0 Å². The maximum atomic E-state index is 13.9. The van der Waals surface area contributed by atoms with Gasteiger partial charge in [0.15, 0.2) is 0 Å². The molecule has 14 N–H and O–H groups in total. The number of carbonyl (C=O) groups is 11. The van der Waals surface area contributed by atoms with Gasteiger partial charge in [0.2, 0.25) is 47.3 Å². The van der Waals surface area contributed by atoms with Crippen LogP contribution >= 0.6 is 12.6 Å². The van der Waals surface area contributed by atoms with E-state index in [4.69, 9.17) is 5.73 Å². The molecular formula is C46H73N9O15S. The second-order valence-electron chi connectivity index (χ2n) is 18.1. The van der Waals surface area contributed by atoms with Gasteiger partial charge in [-0.05, 0) is 56.4 Å². The van der Waals surface area contributed by atoms with Crippen molar-refractivity contribution in [2.75, 3.05) is 5.75 Å². The van der Waals surface area contributed by atoms with E-state index < -0.39 is 163 Å². The SMILES string of the molecule is CC[C@H](C)[C@H](NC(=O)[C@H](C)N)C(=O)N[C@H](C(=O)N[C@@H](CCC(=O)O)C(=O)N[C@H](C(=O)N[C@@H](CCC(=O)O)C(=O)N[C@@H](CS)C(=O)N[C@@H](Cc1ccccc1)C(=O)N[C@@H](CC(C)C)C(=O)O)C(C)C)[C@@H](C)O. The zero-order valence-electron chi connectivity index (χ0n) is 41.4. The monoisotopic (exact) mass is 1020 g/mol. The smallest absolute Gasteiger partial charge is 0.326 e. The molecule has 0 aliphatic heterocycles. The predicted molar refractivity (Wildman–Crippen MR) is 260 cm³/mol. The van der Waals surface area contributed by atoms with Crippen molar-refractivity contribution in [1.29, 1.82) is 0 Å². The first-order chi connectivity index (χ1) is 33.1. The second-order valence-corrected chi connectivity index (χ2v) is 18.5. The third-order valence-electron chi connectivity index (χ3n) is 11.1. The van der Waals surface area contributed by atoms with Gasteiger partial charge >= 0.3 is 17.9 Å². The largest absolute Gasteiger partial charge is 0.481 e. The van der Waals surface area contributed by atoms with Crippen LogP contribution < -0.4 is 48.3 Å². The molecule has 0 aromatic heterocycles. The summed E-state index contributed by atoms with van der Waals surface area (Å²) in [6.45, 7) is 12.5. The number of rotatable bonds is 32. The van der Waals surface area contributed by atoms with E-state index in [2.05, 4.69) is 55.2 Å². The molecule has 25 heteroatoms. The highest BCUT2D eigenvalue weighted by Gasteiger charge is 2.37. The van der Waals surface area contributed by atoms with Crippen molar-refractivity contribution in [3.8, 4) is 0 Å². The molecule has 0 aliphatic carbocycles. The van der Waals surface area contributed by atoms with Crippen LogP contribution in [0.5, 0.6) is 0 Å². The Labute approximate surface area is 418 Å². The van der Waals surface area contributed by atoms with E-state index in [9.17, 15) is 73.2 Å². The number of aliphatic hydroxyl groups is 1. The molecule has 0 saturated carbocycles. The van der Waals surface area contributed by atoms with E-state index in [-0.39, 0.29) is 24.5 Å². The lowest BCUT2D eigenvalue weighted by atomic mass is 9.97. The van der Waals surface area contributed by atoms with E-state index in [0.29, 0.717) is 12.0 Å². The highest BCUT2D eigenvalue weighted by Crippen LogP contribution is 2.13. The van der Waals surface area contributed by atoms with Gasteiger partial charge in [0.05, 0.1) is 12.1 Å². The number of aliphatic hydroxyl groups excluding tert-OH is 1. The molecule has 0 fully saturated rings. The van der Waals surface area contributed by atoms with Gasteiger partial charge in [-0.1, -0.05) is 78.3 Å². The number of carboxylic acids is 3. The molecule has 0 radical (unpaired) electrons. The number of benzene rings is 1. The summed E-state index contributed by atoms with van der Waals surface area (Å²) >= 11 is 4.19. The highest BCUT2D eigenvalue weighted by molar-refractivity contribution is 7.80. The van der Waals surface area contributed by atoms with Crippen LogP contribution in [0.15, 0.2) is 30.3 Å². The molecule has 398 valence electrons. The summed E-state index contributed by atoms with van der Waals surface area (Å²) in [6, 6.07) is -4.51. The topological polar surface area (TPSA) is 391 Å². The van der Waals surface area contributed by atoms with Gasteiger partial charge in [0, 0.05) is 25.0 Å². The number of amides is 8. The molecule has 0 bridgehead atoms. The van der Waals surface area contributed by atoms with Gasteiger partial charge in [0.25, 0.3) is 0 Å². The molecule has 0 aliphatic rings. The van der Waals surface area contributed by atoms with Crippen LogP contribution in [0.25, 0.3) is 0 Å². The Balaban J connectivity index is 3.42. The Bertz CT molecular complexity index is 2010. The maximum Gasteiger partial charge on any atom is 0.326 e. The zero-order valence-corrected chi connectivity index (χ0v) is 42.2. The Hall–Kier alpha value is -6.34. The fourth-order valence-corrected chi connectivity index (χ4v) is 7.04. The molecule has 0 saturated heterocycles. The standard InChI is InChI=1S/C46H73N9O15S/c1-9-24(6)36(54-38(61)25(7)47)44(67)55-37(26(8)56)45(68)49-29(16-18-34(59)60)40(63)53-35(23(4)5)43(66)48-28(15-17-33(57)58)39(62)52-32(21-71)42(65)50-30(20-27-13-11-10-12-14-27)41(64)51-31(46(69)70)19-22(2)3/h10-14,22-26,28-32,35-37,56,71H,9,15-21,47H2,1-8H3,(H,48,66)(H,49,68)(H,50,65)(H,51,64)(H,52,62)(H,53,63)(H,54,61)(H,55,67)(H,57,58)(H,59,60)(H,69,70)/t24-,25-,26+,28-,29-,30-,31-,32-,35-,36-,37-/m0/s1. The van der Waals surface area contributed by atoms with E-state index in [0.717, 1.165) is 6.92 Å². The van der Waals surface area contributed by atoms with Gasteiger partial charge in [0.1, 0.15) is 48.3 Å². The third-order valence-corrected chi connectivity index (χ3v) is 11.5. The van der Waals surface area contributed by atoms with Crippen LogP contribution in [0.3, 0.4) is 0 Å². The van der Waals surface area contributed by atoms with Crippen LogP contribution in [0, 0.1) is 17.8 Å². The lowest BCUT2D eigenvalue weighted by Crippen LogP contribution is -2.62. The number of nitrogens with two attached hydrogens (primary N) is 1. The maximum absolute atomic E-state index is 13.9. The van der Waals surface area contributed by atoms with Crippen molar-refractivity contribution >= 4 is 77.8 Å². The molecule has 0 spiro atoms. The van der Waals surface area contributed by atoms with E-state index in [1.165, 1.54) is 20.8 Å². The number of thiol groups is 1. The number of aliphatic carboxylic acids is 3. The van der Waals surface area contributed by atoms with Gasteiger partial charge < -0.3 is 68.7 Å². The molecule has 0 unspecified atom stereocenters. The average Bonchev–Trinajstić information content (AvgIpc) is 3.29. The van der Waals surface area contributed by atoms with Crippen LogP contribution in [0.1, 0.15) is 99.5 Å². The Morgan fingerprint density at radius 2 is 0.944 bits per heavy atom. The number of carbonyl (C=O) groups excluding carboxylic acids is 8. The minimum absolute atomic E-state index is 0.0826. The number of hydrogen-bond acceptors (Lipinski definition) is 14. The molecule has 8 amide bonds. The lowest BCUT2D eigenvalue weighted by Gasteiger charge is -2.30. The summed E-state index contributed by atoms with van der Waals surface area (Å²) in [5, 5.41) is 58.7. The summed E-state index contributed by atoms with van der Waals surface area (Å²) in [5.74, 6) is -13.4. The van der Waals surface area contributed by atoms with Gasteiger partial charge in [-0.25, -0.2) is 4.79 Å². The molecule has 0 heterocycles. The molecule has 1 rings (SSSR count). The Morgan fingerprint density at radius 1 is 0.535 bits per heavy atom. The molecule has 11 atom stereocenters. The first kappa shape index (κ1) is 62.7. The van der Waals surface area contributed by atoms with E-state index in [1.54, 1.807) is 58.0 Å². The Morgan fingerprint density at radius 3 is 1.38 bits per heavy atom. The second kappa shape index (κ2) is 31.1. The molecule has 24 nitrogen and oxygen atoms in total. The highest BCUT2D eigenvalue weighted by atomic mass is 32.1. The van der Waals surface area contributed by atoms with Gasteiger partial charge in [-0.3, -0.25) is 47.9 Å². The first-order valence-corrected chi connectivity index (χ1v) is 23.9. The van der Waals surface area contributed by atoms with Crippen molar-refractivity contribution < 1.29 is 73.2 Å². The summed E-state index contributed by atoms with van der Waals surface area (Å²) in [5.41, 5.74) is 6.25. The fraction of sp³-hybridized carbons (Fsp3) is 0.630. The summed E-state index contributed by atoms with van der Waals surface area (Å²) < 4.78 is 0. The zero-order chi connectivity index (χ0) is 54.3. The van der Waals surface area contributed by atoms with Crippen LogP contribution in [0.4, 0.5) is 0 Å². The van der Waals surface area contributed by atoms with Crippen LogP contribution in [0.2, 0.25) is 0 Å². The van der Waals surface area contributed by atoms with Gasteiger partial charge in [-0.2, -0.15) is 12.6 Å². The first-order valence-electron chi connectivity index (χ1n) is 23.3. The molecular weight excluding hydrogens is 951 g/mol. The van der Waals surface area contributed by atoms with Crippen LogP contribution in [-0.4, -0.2) is 152 Å². The summed E-state index contributed by atoms with van der Waals surface area (Å²) in [6.07, 6.45) is -3.64. The number of nitrogens with one attached hydrogen (secondary N) is 8. The van der Waals surface area contributed by atoms with Crippen LogP contribution in [-0.2, 0) is 59.2 Å². The third kappa shape index (κ3) is 22.5. The van der Waals surface area contributed by atoms with E-state index >= 15 is 0 Å². The molecule has 71 heavy (non-hydrogen) atoms. The normalized spacial score (nSPS) is 15.8. The van der Waals surface area contributed by atoms with Crippen molar-refractivity contribution in [2.45, 2.75) is 161 Å². The fourth-order valence-electron chi connectivity index (χ4n) is 6.78. The summed E-state index contributed by atoms with van der Waals surface area (Å²) in [7, 11) is 0. The molecule has 1 aromatic carbocycles. The quantitative estimate of drug-likeness (QED) is 0.0359. The predicted octanol–water partition coefficient (Wildman–Crippen LogP) is -1.67. The number of carboxylic acid groups (broad SMARTS) is 3. The number of hydrogen-bond donors (Lipinski definition) is 14.